The van der Waals surface area contributed by atoms with E-state index < -0.39 is 6.04 Å². The summed E-state index contributed by atoms with van der Waals surface area (Å²) in [5, 5.41) is 9.02. The summed E-state index contributed by atoms with van der Waals surface area (Å²) in [6.07, 6.45) is 0.0934. The lowest BCUT2D eigenvalue weighted by Gasteiger charge is -2.40. The fraction of sp³-hybridized carbons (Fsp3) is 0.375. The molecule has 3 amide bonds. The molecule has 156 valence electrons. The lowest BCUT2D eigenvalue weighted by Crippen LogP contribution is -2.54. The molecule has 1 saturated heterocycles. The van der Waals surface area contributed by atoms with Crippen molar-refractivity contribution in [3.8, 4) is 6.07 Å². The van der Waals surface area contributed by atoms with E-state index in [0.29, 0.717) is 17.7 Å². The number of likely N-dealkylation sites (N-methyl/N-ethyl adjacent to an activating group) is 1. The monoisotopic (exact) mass is 404 g/mol. The van der Waals surface area contributed by atoms with Crippen molar-refractivity contribution in [1.82, 2.24) is 9.80 Å². The molecule has 0 radical (unpaired) electrons. The van der Waals surface area contributed by atoms with Gasteiger partial charge in [-0.3, -0.25) is 14.6 Å². The van der Waals surface area contributed by atoms with Crippen molar-refractivity contribution in [2.24, 2.45) is 5.41 Å². The highest BCUT2D eigenvalue weighted by atomic mass is 16.2. The number of rotatable bonds is 3. The van der Waals surface area contributed by atoms with Crippen LogP contribution in [0.15, 0.2) is 54.6 Å². The molecule has 1 aliphatic heterocycles. The van der Waals surface area contributed by atoms with Gasteiger partial charge in [-0.15, -0.1) is 0 Å². The van der Waals surface area contributed by atoms with Gasteiger partial charge in [0.05, 0.1) is 11.6 Å². The Morgan fingerprint density at radius 2 is 1.70 bits per heavy atom. The summed E-state index contributed by atoms with van der Waals surface area (Å²) in [5.41, 5.74) is 1.90. The van der Waals surface area contributed by atoms with Crippen LogP contribution in [0.1, 0.15) is 31.9 Å². The van der Waals surface area contributed by atoms with Gasteiger partial charge < -0.3 is 4.90 Å². The maximum atomic E-state index is 13.7. The van der Waals surface area contributed by atoms with Gasteiger partial charge in [0.1, 0.15) is 12.2 Å². The quantitative estimate of drug-likeness (QED) is 0.780. The number of carbonyl (C=O) groups excluding carboxylic acids is 2. The minimum absolute atomic E-state index is 0.0552. The summed E-state index contributed by atoms with van der Waals surface area (Å²) < 4.78 is 0. The third-order valence-corrected chi connectivity index (χ3v) is 5.54. The molecule has 0 aliphatic carbocycles. The Morgan fingerprint density at radius 1 is 1.10 bits per heavy atom. The predicted octanol–water partition coefficient (Wildman–Crippen LogP) is 3.87. The Kier molecular flexibility index (Phi) is 5.84. The lowest BCUT2D eigenvalue weighted by atomic mass is 9.91. The molecule has 30 heavy (non-hydrogen) atoms. The molecule has 0 N–H and O–H groups in total. The Morgan fingerprint density at radius 3 is 2.23 bits per heavy atom. The van der Waals surface area contributed by atoms with Crippen LogP contribution < -0.4 is 4.90 Å². The number of amides is 3. The predicted molar refractivity (Wildman–Crippen MR) is 117 cm³/mol. The van der Waals surface area contributed by atoms with Crippen LogP contribution in [0.5, 0.6) is 0 Å². The van der Waals surface area contributed by atoms with Crippen molar-refractivity contribution in [3.05, 3.63) is 65.7 Å². The first kappa shape index (κ1) is 21.4. The van der Waals surface area contributed by atoms with Gasteiger partial charge in [-0.05, 0) is 29.8 Å². The topological polar surface area (TPSA) is 67.7 Å². The first-order valence-corrected chi connectivity index (χ1v) is 10.0. The van der Waals surface area contributed by atoms with Crippen molar-refractivity contribution in [2.75, 3.05) is 19.0 Å². The number of anilines is 1. The summed E-state index contributed by atoms with van der Waals surface area (Å²) in [6.45, 7) is 6.11. The maximum absolute atomic E-state index is 13.7. The van der Waals surface area contributed by atoms with Gasteiger partial charge in [-0.2, -0.15) is 5.26 Å². The minimum atomic E-state index is -0.574. The van der Waals surface area contributed by atoms with Gasteiger partial charge in [0, 0.05) is 31.6 Å². The van der Waals surface area contributed by atoms with Crippen LogP contribution in [0.4, 0.5) is 10.5 Å². The average Bonchev–Trinajstić information content (AvgIpc) is 2.98. The Balaban J connectivity index is 1.98. The van der Waals surface area contributed by atoms with Gasteiger partial charge in [-0.1, -0.05) is 51.1 Å². The zero-order valence-electron chi connectivity index (χ0n) is 18.2. The van der Waals surface area contributed by atoms with Gasteiger partial charge in [-0.25, -0.2) is 4.79 Å². The fourth-order valence-electron chi connectivity index (χ4n) is 4.13. The summed E-state index contributed by atoms with van der Waals surface area (Å²) in [4.78, 5) is 31.8. The van der Waals surface area contributed by atoms with Crippen molar-refractivity contribution < 1.29 is 9.59 Å². The van der Waals surface area contributed by atoms with Crippen LogP contribution in [-0.2, 0) is 11.2 Å². The second-order valence-corrected chi connectivity index (χ2v) is 8.80. The Bertz CT molecular complexity index is 957. The minimum Gasteiger partial charge on any atom is -0.323 e. The van der Waals surface area contributed by atoms with Crippen molar-refractivity contribution in [2.45, 2.75) is 39.4 Å². The number of benzene rings is 2. The van der Waals surface area contributed by atoms with E-state index in [-0.39, 0.29) is 23.5 Å². The molecular formula is C24H28N4O2. The molecule has 0 aromatic heterocycles. The largest absolute Gasteiger partial charge is 0.326 e. The summed E-state index contributed by atoms with van der Waals surface area (Å²) >= 11 is 0. The van der Waals surface area contributed by atoms with Gasteiger partial charge >= 0.3 is 6.03 Å². The van der Waals surface area contributed by atoms with Crippen molar-refractivity contribution in [1.29, 1.82) is 5.26 Å². The van der Waals surface area contributed by atoms with E-state index in [1.165, 1.54) is 0 Å². The van der Waals surface area contributed by atoms with Gasteiger partial charge in [0.25, 0.3) is 0 Å². The number of urea groups is 1. The highest BCUT2D eigenvalue weighted by molar-refractivity contribution is 5.97. The molecule has 2 aromatic rings. The molecule has 1 fully saturated rings. The summed E-state index contributed by atoms with van der Waals surface area (Å²) in [7, 11) is 3.47. The third kappa shape index (κ3) is 4.02. The van der Waals surface area contributed by atoms with E-state index in [1.807, 2.05) is 51.1 Å². The summed E-state index contributed by atoms with van der Waals surface area (Å²) in [6, 6.07) is 17.9. The molecule has 2 aromatic carbocycles. The van der Waals surface area contributed by atoms with Crippen LogP contribution in [0.2, 0.25) is 0 Å². The lowest BCUT2D eigenvalue weighted by molar-refractivity contribution is -0.129. The Hall–Kier alpha value is -3.33. The molecule has 0 bridgehead atoms. The number of hydrogen-bond donors (Lipinski definition) is 0. The third-order valence-electron chi connectivity index (χ3n) is 5.54. The normalized spacial score (nSPS) is 19.0. The van der Waals surface area contributed by atoms with Crippen LogP contribution in [0, 0.1) is 16.7 Å². The van der Waals surface area contributed by atoms with E-state index in [9.17, 15) is 9.59 Å². The molecule has 2 atom stereocenters. The molecule has 0 unspecified atom stereocenters. The van der Waals surface area contributed by atoms with Gasteiger partial charge in [0.15, 0.2) is 0 Å². The van der Waals surface area contributed by atoms with Crippen molar-refractivity contribution in [3.63, 3.8) is 0 Å². The standard InChI is InChI=1S/C24H28N4O2/c1-24(2,3)22-27(5)21(29)20(15-17-9-7-6-8-10-17)28(22)23(30)26(4)19-13-11-18(16-25)12-14-19/h6-14,20,22H,15H2,1-5H3/t20-,22+/m0/s1. The molecular weight excluding hydrogens is 376 g/mol. The highest BCUT2D eigenvalue weighted by Crippen LogP contribution is 2.36. The van der Waals surface area contributed by atoms with Crippen LogP contribution in [-0.4, -0.2) is 48.0 Å². The second-order valence-electron chi connectivity index (χ2n) is 8.80. The first-order valence-electron chi connectivity index (χ1n) is 10.0. The number of nitrogens with zero attached hydrogens (tertiary/aromatic N) is 4. The maximum Gasteiger partial charge on any atom is 0.326 e. The van der Waals surface area contributed by atoms with Crippen LogP contribution in [0.3, 0.4) is 0 Å². The number of hydrogen-bond acceptors (Lipinski definition) is 3. The molecule has 1 aliphatic rings. The highest BCUT2D eigenvalue weighted by Gasteiger charge is 2.51. The molecule has 6 nitrogen and oxygen atoms in total. The van der Waals surface area contributed by atoms with E-state index in [2.05, 4.69) is 6.07 Å². The smallest absolute Gasteiger partial charge is 0.323 e. The van der Waals surface area contributed by atoms with Gasteiger partial charge in [0.2, 0.25) is 5.91 Å². The summed E-state index contributed by atoms with van der Waals surface area (Å²) in [5.74, 6) is -0.0552. The van der Waals surface area contributed by atoms with Crippen LogP contribution in [0.25, 0.3) is 0 Å². The molecule has 6 heteroatoms. The number of nitriles is 1. The van der Waals surface area contributed by atoms with E-state index in [0.717, 1.165) is 5.56 Å². The Labute approximate surface area is 178 Å². The fourth-order valence-corrected chi connectivity index (χ4v) is 4.13. The van der Waals surface area contributed by atoms with Crippen LogP contribution >= 0.6 is 0 Å². The molecule has 0 spiro atoms. The molecule has 3 rings (SSSR count). The number of carbonyl (C=O) groups is 2. The zero-order chi connectivity index (χ0) is 22.1. The van der Waals surface area contributed by atoms with E-state index >= 15 is 0 Å². The first-order chi connectivity index (χ1) is 14.1. The van der Waals surface area contributed by atoms with E-state index in [1.54, 1.807) is 53.1 Å². The molecule has 1 heterocycles. The SMILES string of the molecule is CN(C(=O)N1[C@H](C(C)(C)C)N(C)C(=O)[C@@H]1Cc1ccccc1)c1ccc(C#N)cc1. The molecule has 0 saturated carbocycles. The second kappa shape index (κ2) is 8.19. The van der Waals surface area contributed by atoms with Crippen molar-refractivity contribution >= 4 is 17.6 Å². The van der Waals surface area contributed by atoms with E-state index in [4.69, 9.17) is 5.26 Å². The average molecular weight is 405 g/mol. The zero-order valence-corrected chi connectivity index (χ0v) is 18.2.